The van der Waals surface area contributed by atoms with Gasteiger partial charge in [-0.15, -0.1) is 0 Å². The van der Waals surface area contributed by atoms with E-state index in [1.54, 1.807) is 0 Å². The maximum atomic E-state index is 9.96. The van der Waals surface area contributed by atoms with Gasteiger partial charge in [-0.1, -0.05) is 39.5 Å². The molecule has 1 unspecified atom stereocenters. The van der Waals surface area contributed by atoms with E-state index in [0.717, 1.165) is 44.9 Å². The highest BCUT2D eigenvalue weighted by atomic mass is 16.5. The topological polar surface area (TPSA) is 49.7 Å². The Balaban J connectivity index is 1.94. The fourth-order valence-corrected chi connectivity index (χ4v) is 2.73. The number of hydrogen-bond donors (Lipinski definition) is 2. The summed E-state index contributed by atoms with van der Waals surface area (Å²) in [4.78, 5) is 0. The molecule has 0 radical (unpaired) electrons. The van der Waals surface area contributed by atoms with Crippen molar-refractivity contribution in [2.24, 2.45) is 5.41 Å². The molecule has 20 heavy (non-hydrogen) atoms. The zero-order valence-corrected chi connectivity index (χ0v) is 13.7. The Hall–Kier alpha value is -0.120. The Morgan fingerprint density at radius 3 is 2.20 bits per heavy atom. The van der Waals surface area contributed by atoms with Crippen LogP contribution in [0.1, 0.15) is 78.1 Å². The molecule has 0 aromatic carbocycles. The number of methoxy groups -OCH3 is 1. The SMILES string of the molecule is COC1(CCCCC(O)CCCCC(C)(C)CO)CC1. The maximum absolute atomic E-state index is 9.96. The van der Waals surface area contributed by atoms with Crippen molar-refractivity contribution in [1.29, 1.82) is 0 Å². The number of aliphatic hydroxyl groups excluding tert-OH is 2. The third-order valence-electron chi connectivity index (χ3n) is 4.73. The minimum atomic E-state index is -0.148. The van der Waals surface area contributed by atoms with Gasteiger partial charge in [0.1, 0.15) is 0 Å². The monoisotopic (exact) mass is 286 g/mol. The summed E-state index contributed by atoms with van der Waals surface area (Å²) in [7, 11) is 1.82. The van der Waals surface area contributed by atoms with Crippen LogP contribution in [0.4, 0.5) is 0 Å². The van der Waals surface area contributed by atoms with E-state index in [1.165, 1.54) is 19.3 Å². The minimum absolute atomic E-state index is 0.0314. The zero-order chi connectivity index (χ0) is 15.1. The molecular formula is C17H34O3. The molecular weight excluding hydrogens is 252 g/mol. The highest BCUT2D eigenvalue weighted by Crippen LogP contribution is 2.43. The number of unbranched alkanes of at least 4 members (excludes halogenated alkanes) is 2. The first kappa shape index (κ1) is 17.9. The lowest BCUT2D eigenvalue weighted by molar-refractivity contribution is 0.0684. The second-order valence-corrected chi connectivity index (χ2v) is 7.35. The molecule has 0 amide bonds. The summed E-state index contributed by atoms with van der Waals surface area (Å²) in [5.41, 5.74) is 0.241. The fraction of sp³-hybridized carbons (Fsp3) is 1.00. The normalized spacial score (nSPS) is 19.1. The van der Waals surface area contributed by atoms with Gasteiger partial charge in [0.25, 0.3) is 0 Å². The van der Waals surface area contributed by atoms with Crippen LogP contribution >= 0.6 is 0 Å². The lowest BCUT2D eigenvalue weighted by Gasteiger charge is -2.21. The first-order valence-corrected chi connectivity index (χ1v) is 8.27. The van der Waals surface area contributed by atoms with Crippen molar-refractivity contribution in [1.82, 2.24) is 0 Å². The van der Waals surface area contributed by atoms with Crippen LogP contribution in [0, 0.1) is 5.41 Å². The molecule has 1 saturated carbocycles. The number of hydrogen-bond acceptors (Lipinski definition) is 3. The predicted molar refractivity (Wildman–Crippen MR) is 82.8 cm³/mol. The largest absolute Gasteiger partial charge is 0.396 e. The van der Waals surface area contributed by atoms with Gasteiger partial charge in [-0.3, -0.25) is 0 Å². The van der Waals surface area contributed by atoms with Crippen molar-refractivity contribution < 1.29 is 14.9 Å². The average Bonchev–Trinajstić information content (AvgIpc) is 3.20. The first-order chi connectivity index (χ1) is 9.43. The molecule has 0 aromatic heterocycles. The molecule has 0 bridgehead atoms. The van der Waals surface area contributed by atoms with E-state index in [1.807, 2.05) is 7.11 Å². The van der Waals surface area contributed by atoms with Crippen molar-refractivity contribution in [3.63, 3.8) is 0 Å². The Bertz CT molecular complexity index is 245. The van der Waals surface area contributed by atoms with E-state index >= 15 is 0 Å². The van der Waals surface area contributed by atoms with Crippen molar-refractivity contribution >= 4 is 0 Å². The maximum Gasteiger partial charge on any atom is 0.0681 e. The van der Waals surface area contributed by atoms with Crippen LogP contribution in [0.25, 0.3) is 0 Å². The molecule has 0 aromatic rings. The predicted octanol–water partition coefficient (Wildman–Crippen LogP) is 3.67. The van der Waals surface area contributed by atoms with Gasteiger partial charge in [0, 0.05) is 13.7 Å². The van der Waals surface area contributed by atoms with E-state index < -0.39 is 0 Å². The molecule has 1 atom stereocenters. The highest BCUT2D eigenvalue weighted by Gasteiger charge is 2.41. The molecule has 0 aliphatic heterocycles. The van der Waals surface area contributed by atoms with Crippen molar-refractivity contribution in [2.75, 3.05) is 13.7 Å². The van der Waals surface area contributed by atoms with Crippen LogP contribution in [0.3, 0.4) is 0 Å². The molecule has 0 saturated heterocycles. The molecule has 2 N–H and O–H groups in total. The zero-order valence-electron chi connectivity index (χ0n) is 13.7. The van der Waals surface area contributed by atoms with Gasteiger partial charge in [-0.25, -0.2) is 0 Å². The lowest BCUT2D eigenvalue weighted by atomic mass is 9.87. The van der Waals surface area contributed by atoms with Crippen molar-refractivity contribution in [3.8, 4) is 0 Å². The van der Waals surface area contributed by atoms with Gasteiger partial charge in [0.15, 0.2) is 0 Å². The highest BCUT2D eigenvalue weighted by molar-refractivity contribution is 4.94. The Labute approximate surface area is 124 Å². The van der Waals surface area contributed by atoms with Crippen molar-refractivity contribution in [3.05, 3.63) is 0 Å². The second-order valence-electron chi connectivity index (χ2n) is 7.35. The third-order valence-corrected chi connectivity index (χ3v) is 4.73. The van der Waals surface area contributed by atoms with E-state index in [2.05, 4.69) is 13.8 Å². The van der Waals surface area contributed by atoms with E-state index in [0.29, 0.717) is 0 Å². The van der Waals surface area contributed by atoms with E-state index in [-0.39, 0.29) is 23.7 Å². The summed E-state index contributed by atoms with van der Waals surface area (Å²) in [5.74, 6) is 0. The van der Waals surface area contributed by atoms with Crippen LogP contribution in [-0.2, 0) is 4.74 Å². The summed E-state index contributed by atoms with van der Waals surface area (Å²) < 4.78 is 5.49. The van der Waals surface area contributed by atoms with E-state index in [9.17, 15) is 10.2 Å². The van der Waals surface area contributed by atoms with Crippen LogP contribution in [0.5, 0.6) is 0 Å². The average molecular weight is 286 g/mol. The molecule has 1 rings (SSSR count). The molecule has 1 fully saturated rings. The first-order valence-electron chi connectivity index (χ1n) is 8.27. The van der Waals surface area contributed by atoms with Gasteiger partial charge < -0.3 is 14.9 Å². The van der Waals surface area contributed by atoms with Crippen LogP contribution in [-0.4, -0.2) is 35.6 Å². The summed E-state index contributed by atoms with van der Waals surface area (Å²) in [6.45, 7) is 4.43. The van der Waals surface area contributed by atoms with Crippen molar-refractivity contribution in [2.45, 2.75) is 89.8 Å². The molecule has 3 nitrogen and oxygen atoms in total. The molecule has 3 heteroatoms. The van der Waals surface area contributed by atoms with Gasteiger partial charge in [-0.2, -0.15) is 0 Å². The number of rotatable bonds is 12. The third kappa shape index (κ3) is 7.05. The van der Waals surface area contributed by atoms with Gasteiger partial charge in [0.2, 0.25) is 0 Å². The van der Waals surface area contributed by atoms with Crippen LogP contribution in [0.2, 0.25) is 0 Å². The summed E-state index contributed by atoms with van der Waals surface area (Å²) in [6, 6.07) is 0. The lowest BCUT2D eigenvalue weighted by Crippen LogP contribution is -2.16. The smallest absolute Gasteiger partial charge is 0.0681 e. The molecule has 1 aliphatic carbocycles. The summed E-state index contributed by atoms with van der Waals surface area (Å²) in [5, 5.41) is 19.1. The Morgan fingerprint density at radius 2 is 1.70 bits per heavy atom. The summed E-state index contributed by atoms with van der Waals surface area (Å²) >= 11 is 0. The Morgan fingerprint density at radius 1 is 1.10 bits per heavy atom. The van der Waals surface area contributed by atoms with Gasteiger partial charge >= 0.3 is 0 Å². The second kappa shape index (κ2) is 8.35. The van der Waals surface area contributed by atoms with Crippen LogP contribution < -0.4 is 0 Å². The molecule has 0 spiro atoms. The summed E-state index contributed by atoms with van der Waals surface area (Å²) in [6.07, 6.45) is 10.7. The van der Waals surface area contributed by atoms with E-state index in [4.69, 9.17) is 4.74 Å². The minimum Gasteiger partial charge on any atom is -0.396 e. The number of ether oxygens (including phenoxy) is 1. The number of aliphatic hydroxyl groups is 2. The van der Waals surface area contributed by atoms with Gasteiger partial charge in [-0.05, 0) is 43.9 Å². The Kier molecular flexibility index (Phi) is 7.49. The fourth-order valence-electron chi connectivity index (χ4n) is 2.73. The standard InChI is InChI=1S/C17H34O3/c1-16(2,14-18)10-6-4-8-15(19)9-5-7-11-17(20-3)12-13-17/h15,18-19H,4-14H2,1-3H3. The quantitative estimate of drug-likeness (QED) is 0.538. The van der Waals surface area contributed by atoms with Gasteiger partial charge in [0.05, 0.1) is 11.7 Å². The molecule has 0 heterocycles. The van der Waals surface area contributed by atoms with Crippen LogP contribution in [0.15, 0.2) is 0 Å². The molecule has 120 valence electrons. The molecule has 1 aliphatic rings.